The molecule has 0 aromatic heterocycles. The van der Waals surface area contributed by atoms with Crippen LogP contribution in [0.3, 0.4) is 0 Å². The van der Waals surface area contributed by atoms with Crippen LogP contribution in [-0.2, 0) is 14.3 Å². The summed E-state index contributed by atoms with van der Waals surface area (Å²) in [5.74, 6) is 0.552. The summed E-state index contributed by atoms with van der Waals surface area (Å²) in [7, 11) is 1.33. The number of halogens is 1. The minimum Gasteiger partial charge on any atom is -0.471 e. The summed E-state index contributed by atoms with van der Waals surface area (Å²) in [6.45, 7) is 1.77. The third kappa shape index (κ3) is 2.33. The molecule has 96 valence electrons. The predicted octanol–water partition coefficient (Wildman–Crippen LogP) is 2.08. The molecular formula is C12H12BrNO4. The molecule has 6 heteroatoms. The Hall–Kier alpha value is -1.56. The second-order valence-electron chi connectivity index (χ2n) is 3.80. The highest BCUT2D eigenvalue weighted by Gasteiger charge is 2.35. The maximum absolute atomic E-state index is 11.5. The van der Waals surface area contributed by atoms with Gasteiger partial charge in [-0.3, -0.25) is 0 Å². The number of carbonyl (C=O) groups excluding carboxylic acids is 1. The fourth-order valence-corrected chi connectivity index (χ4v) is 1.99. The molecule has 2 rings (SSSR count). The highest BCUT2D eigenvalue weighted by molar-refractivity contribution is 9.06. The van der Waals surface area contributed by atoms with Crippen LogP contribution in [-0.4, -0.2) is 31.1 Å². The van der Waals surface area contributed by atoms with Crippen LogP contribution in [0.15, 0.2) is 29.3 Å². The Morgan fingerprint density at radius 2 is 2.17 bits per heavy atom. The van der Waals surface area contributed by atoms with E-state index in [-0.39, 0.29) is 6.10 Å². The summed E-state index contributed by atoms with van der Waals surface area (Å²) in [5, 5.41) is 0. The summed E-state index contributed by atoms with van der Waals surface area (Å²) in [6, 6.07) is 6.62. The van der Waals surface area contributed by atoms with Crippen LogP contribution in [0.5, 0.6) is 5.75 Å². The minimum atomic E-state index is -0.631. The van der Waals surface area contributed by atoms with Crippen molar-refractivity contribution in [2.24, 2.45) is 4.99 Å². The van der Waals surface area contributed by atoms with E-state index < -0.39 is 12.0 Å². The van der Waals surface area contributed by atoms with Gasteiger partial charge in [0.05, 0.1) is 12.7 Å². The van der Waals surface area contributed by atoms with E-state index in [4.69, 9.17) is 8.57 Å². The number of esters is 1. The summed E-state index contributed by atoms with van der Waals surface area (Å²) >= 11 is 2.93. The zero-order chi connectivity index (χ0) is 13.1. The molecule has 0 unspecified atom stereocenters. The number of methoxy groups -OCH3 is 1. The number of hydrogen-bond donors (Lipinski definition) is 0. The van der Waals surface area contributed by atoms with Gasteiger partial charge in [-0.2, -0.15) is 0 Å². The molecule has 0 radical (unpaired) electrons. The van der Waals surface area contributed by atoms with E-state index in [1.807, 2.05) is 18.2 Å². The van der Waals surface area contributed by atoms with Gasteiger partial charge >= 0.3 is 5.97 Å². The molecule has 5 nitrogen and oxygen atoms in total. The van der Waals surface area contributed by atoms with Gasteiger partial charge in [0.15, 0.2) is 22.3 Å². The van der Waals surface area contributed by atoms with Gasteiger partial charge in [0.1, 0.15) is 11.9 Å². The summed E-state index contributed by atoms with van der Waals surface area (Å²) in [4.78, 5) is 15.7. The monoisotopic (exact) mass is 313 g/mol. The maximum Gasteiger partial charge on any atom is 0.334 e. The average molecular weight is 314 g/mol. The molecule has 1 heterocycles. The van der Waals surface area contributed by atoms with Crippen LogP contribution in [0.4, 0.5) is 0 Å². The Bertz CT molecular complexity index is 489. The highest BCUT2D eigenvalue weighted by Crippen LogP contribution is 2.26. The van der Waals surface area contributed by atoms with Gasteiger partial charge in [-0.15, -0.1) is 0 Å². The Kier molecular flexibility index (Phi) is 3.86. The highest BCUT2D eigenvalue weighted by atomic mass is 79.9. The third-order valence-electron chi connectivity index (χ3n) is 2.64. The van der Waals surface area contributed by atoms with Crippen LogP contribution in [0.25, 0.3) is 0 Å². The van der Waals surface area contributed by atoms with Crippen LogP contribution in [0.2, 0.25) is 0 Å². The molecule has 0 fully saturated rings. The van der Waals surface area contributed by atoms with E-state index in [0.717, 1.165) is 0 Å². The van der Waals surface area contributed by atoms with E-state index in [1.165, 1.54) is 7.11 Å². The molecule has 18 heavy (non-hydrogen) atoms. The van der Waals surface area contributed by atoms with Crippen LogP contribution < -0.4 is 3.83 Å². The quantitative estimate of drug-likeness (QED) is 0.802. The smallest absolute Gasteiger partial charge is 0.334 e. The van der Waals surface area contributed by atoms with Crippen molar-refractivity contribution in [2.75, 3.05) is 7.11 Å². The second-order valence-corrected chi connectivity index (χ2v) is 4.12. The molecule has 0 bridgehead atoms. The molecule has 0 aliphatic carbocycles. The predicted molar refractivity (Wildman–Crippen MR) is 68.9 cm³/mol. The molecule has 0 saturated carbocycles. The number of rotatable bonds is 3. The van der Waals surface area contributed by atoms with E-state index in [1.54, 1.807) is 13.0 Å². The van der Waals surface area contributed by atoms with Gasteiger partial charge in [0.2, 0.25) is 5.90 Å². The summed E-state index contributed by atoms with van der Waals surface area (Å²) in [5.41, 5.74) is 0.688. The molecule has 0 amide bonds. The van der Waals surface area contributed by atoms with E-state index in [9.17, 15) is 4.79 Å². The third-order valence-corrected chi connectivity index (χ3v) is 2.99. The summed E-state index contributed by atoms with van der Waals surface area (Å²) < 4.78 is 15.3. The van der Waals surface area contributed by atoms with Gasteiger partial charge in [-0.1, -0.05) is 12.1 Å². The fourth-order valence-electron chi connectivity index (χ4n) is 1.71. The molecule has 0 saturated heterocycles. The number of carbonyl (C=O) groups is 1. The van der Waals surface area contributed by atoms with Gasteiger partial charge < -0.3 is 13.3 Å². The normalized spacial score (nSPS) is 22.1. The Morgan fingerprint density at radius 3 is 2.83 bits per heavy atom. The lowest BCUT2D eigenvalue weighted by molar-refractivity contribution is -0.143. The molecule has 0 N–H and O–H groups in total. The first-order valence-electron chi connectivity index (χ1n) is 5.37. The lowest BCUT2D eigenvalue weighted by Gasteiger charge is -2.10. The van der Waals surface area contributed by atoms with Gasteiger partial charge in [0, 0.05) is 0 Å². The largest absolute Gasteiger partial charge is 0.471 e. The molecule has 1 aliphatic heterocycles. The van der Waals surface area contributed by atoms with Crippen LogP contribution in [0, 0.1) is 0 Å². The number of aliphatic imine (C=N–C) groups is 1. The van der Waals surface area contributed by atoms with Crippen molar-refractivity contribution < 1.29 is 18.1 Å². The van der Waals surface area contributed by atoms with Crippen molar-refractivity contribution in [1.29, 1.82) is 0 Å². The Labute approximate surface area is 113 Å². The van der Waals surface area contributed by atoms with Crippen molar-refractivity contribution in [3.05, 3.63) is 29.8 Å². The number of para-hydroxylation sites is 1. The standard InChI is InChI=1S/C12H12BrNO4/c1-7-10(12(15)16-2)14-11(17-7)8-5-3-4-6-9(8)18-13/h3-7,10H,1-2H3/t7-,10-/m1/s1. The number of nitrogens with zero attached hydrogens (tertiary/aromatic N) is 1. The average Bonchev–Trinajstić information content (AvgIpc) is 2.79. The maximum atomic E-state index is 11.5. The number of benzene rings is 1. The summed E-state index contributed by atoms with van der Waals surface area (Å²) in [6.07, 6.45) is -0.351. The first-order chi connectivity index (χ1) is 8.67. The van der Waals surface area contributed by atoms with Crippen molar-refractivity contribution in [3.8, 4) is 5.75 Å². The number of hydrogen-bond acceptors (Lipinski definition) is 5. The fraction of sp³-hybridized carbons (Fsp3) is 0.333. The lowest BCUT2D eigenvalue weighted by Crippen LogP contribution is -2.28. The van der Waals surface area contributed by atoms with Crippen LogP contribution >= 0.6 is 16.3 Å². The molecule has 0 spiro atoms. The Morgan fingerprint density at radius 1 is 1.44 bits per heavy atom. The van der Waals surface area contributed by atoms with Crippen molar-refractivity contribution >= 4 is 28.1 Å². The zero-order valence-corrected chi connectivity index (χ0v) is 11.5. The van der Waals surface area contributed by atoms with Gasteiger partial charge in [0.25, 0.3) is 0 Å². The lowest BCUT2D eigenvalue weighted by atomic mass is 10.2. The first-order valence-corrected chi connectivity index (χ1v) is 6.02. The molecule has 1 aromatic rings. The minimum absolute atomic E-state index is 0.351. The van der Waals surface area contributed by atoms with E-state index >= 15 is 0 Å². The molecule has 1 aromatic carbocycles. The van der Waals surface area contributed by atoms with Crippen LogP contribution in [0.1, 0.15) is 12.5 Å². The zero-order valence-electron chi connectivity index (χ0n) is 9.92. The van der Waals surface area contributed by atoms with Crippen molar-refractivity contribution in [1.82, 2.24) is 0 Å². The van der Waals surface area contributed by atoms with Gasteiger partial charge in [-0.05, 0) is 19.1 Å². The van der Waals surface area contributed by atoms with E-state index in [0.29, 0.717) is 17.2 Å². The Balaban J connectivity index is 2.32. The molecule has 1 aliphatic rings. The first kappa shape index (κ1) is 12.9. The molecular weight excluding hydrogens is 302 g/mol. The van der Waals surface area contributed by atoms with Gasteiger partial charge in [-0.25, -0.2) is 9.79 Å². The van der Waals surface area contributed by atoms with Crippen molar-refractivity contribution in [2.45, 2.75) is 19.1 Å². The SMILES string of the molecule is COC(=O)[C@@H]1N=C(c2ccccc2OBr)O[C@@H]1C. The van der Waals surface area contributed by atoms with E-state index in [2.05, 4.69) is 26.0 Å². The second kappa shape index (κ2) is 5.39. The van der Waals surface area contributed by atoms with Crippen molar-refractivity contribution in [3.63, 3.8) is 0 Å². The molecule has 2 atom stereocenters. The number of ether oxygens (including phenoxy) is 2. The topological polar surface area (TPSA) is 57.1 Å².